The fraction of sp³-hybridized carbons (Fsp3) is 0.0833. The highest BCUT2D eigenvalue weighted by Gasteiger charge is 2.14. The molecule has 0 saturated carbocycles. The Bertz CT molecular complexity index is 627. The van der Waals surface area contributed by atoms with Crippen molar-refractivity contribution in [2.45, 2.75) is 6.92 Å². The molecule has 0 atom stereocenters. The first-order chi connectivity index (χ1) is 8.95. The van der Waals surface area contributed by atoms with E-state index in [9.17, 15) is 9.18 Å². The molecule has 0 spiro atoms. The number of anilines is 2. The molecule has 0 fully saturated rings. The quantitative estimate of drug-likeness (QED) is 0.654. The van der Waals surface area contributed by atoms with E-state index in [-0.39, 0.29) is 22.4 Å². The SMILES string of the molecule is Cc1cc(Cl)nc(NC(=O)c2cc(N)ccc2F)n1. The van der Waals surface area contributed by atoms with E-state index in [0.717, 1.165) is 6.07 Å². The van der Waals surface area contributed by atoms with Gasteiger partial charge in [-0.05, 0) is 31.2 Å². The highest BCUT2D eigenvalue weighted by atomic mass is 35.5. The number of aromatic nitrogens is 2. The summed E-state index contributed by atoms with van der Waals surface area (Å²) < 4.78 is 13.5. The molecule has 1 amide bonds. The van der Waals surface area contributed by atoms with Crippen LogP contribution in [0, 0.1) is 12.7 Å². The van der Waals surface area contributed by atoms with E-state index in [1.54, 1.807) is 6.92 Å². The average molecular weight is 281 g/mol. The summed E-state index contributed by atoms with van der Waals surface area (Å²) in [6.45, 7) is 1.70. The van der Waals surface area contributed by atoms with Crippen LogP contribution >= 0.6 is 11.6 Å². The maximum absolute atomic E-state index is 13.5. The number of amides is 1. The molecule has 19 heavy (non-hydrogen) atoms. The Morgan fingerprint density at radius 1 is 1.37 bits per heavy atom. The minimum absolute atomic E-state index is 0.0109. The molecule has 0 aliphatic rings. The van der Waals surface area contributed by atoms with Crippen LogP contribution in [0.1, 0.15) is 16.1 Å². The van der Waals surface area contributed by atoms with Crippen LogP contribution in [0.15, 0.2) is 24.3 Å². The number of nitrogen functional groups attached to an aromatic ring is 1. The summed E-state index contributed by atoms with van der Waals surface area (Å²) in [5, 5.41) is 2.56. The number of benzene rings is 1. The average Bonchev–Trinajstić information content (AvgIpc) is 2.30. The van der Waals surface area contributed by atoms with E-state index in [2.05, 4.69) is 15.3 Å². The monoisotopic (exact) mass is 280 g/mol. The predicted octanol–water partition coefficient (Wildman–Crippen LogP) is 2.41. The Morgan fingerprint density at radius 2 is 2.11 bits per heavy atom. The second-order valence-electron chi connectivity index (χ2n) is 3.85. The summed E-state index contributed by atoms with van der Waals surface area (Å²) in [6.07, 6.45) is 0. The lowest BCUT2D eigenvalue weighted by Crippen LogP contribution is -2.16. The van der Waals surface area contributed by atoms with Crippen LogP contribution in [-0.4, -0.2) is 15.9 Å². The van der Waals surface area contributed by atoms with Crippen LogP contribution in [0.4, 0.5) is 16.0 Å². The van der Waals surface area contributed by atoms with Gasteiger partial charge < -0.3 is 5.73 Å². The smallest absolute Gasteiger partial charge is 0.261 e. The van der Waals surface area contributed by atoms with E-state index < -0.39 is 11.7 Å². The van der Waals surface area contributed by atoms with Gasteiger partial charge >= 0.3 is 0 Å². The van der Waals surface area contributed by atoms with Crippen molar-refractivity contribution in [3.05, 3.63) is 46.5 Å². The van der Waals surface area contributed by atoms with E-state index >= 15 is 0 Å². The third-order valence-corrected chi connectivity index (χ3v) is 2.48. The Kier molecular flexibility index (Phi) is 3.62. The summed E-state index contributed by atoms with van der Waals surface area (Å²) in [5.41, 5.74) is 6.20. The van der Waals surface area contributed by atoms with Gasteiger partial charge in [0, 0.05) is 11.4 Å². The highest BCUT2D eigenvalue weighted by Crippen LogP contribution is 2.15. The standard InChI is InChI=1S/C12H10ClFN4O/c1-6-4-10(13)17-12(16-6)18-11(19)8-5-7(15)2-3-9(8)14/h2-5H,15H2,1H3,(H,16,17,18,19). The third-order valence-electron chi connectivity index (χ3n) is 2.28. The first-order valence-corrected chi connectivity index (χ1v) is 5.71. The van der Waals surface area contributed by atoms with Crippen LogP contribution in [0.5, 0.6) is 0 Å². The van der Waals surface area contributed by atoms with Gasteiger partial charge in [-0.15, -0.1) is 0 Å². The highest BCUT2D eigenvalue weighted by molar-refractivity contribution is 6.29. The van der Waals surface area contributed by atoms with E-state index in [4.69, 9.17) is 17.3 Å². The third kappa shape index (κ3) is 3.17. The van der Waals surface area contributed by atoms with Crippen molar-refractivity contribution in [1.82, 2.24) is 9.97 Å². The fourth-order valence-corrected chi connectivity index (χ4v) is 1.71. The van der Waals surface area contributed by atoms with Gasteiger partial charge in [-0.2, -0.15) is 0 Å². The van der Waals surface area contributed by atoms with Crippen molar-refractivity contribution in [2.24, 2.45) is 0 Å². The summed E-state index contributed by atoms with van der Waals surface area (Å²) in [6, 6.07) is 5.26. The Labute approximate surface area is 113 Å². The number of aryl methyl sites for hydroxylation is 1. The fourth-order valence-electron chi connectivity index (χ4n) is 1.47. The number of halogens is 2. The molecule has 0 radical (unpaired) electrons. The zero-order chi connectivity index (χ0) is 14.0. The van der Waals surface area contributed by atoms with Crippen molar-refractivity contribution >= 4 is 29.1 Å². The topological polar surface area (TPSA) is 80.9 Å². The molecule has 5 nitrogen and oxygen atoms in total. The van der Waals surface area contributed by atoms with Gasteiger partial charge in [-0.3, -0.25) is 10.1 Å². The van der Waals surface area contributed by atoms with Crippen molar-refractivity contribution in [3.63, 3.8) is 0 Å². The number of carbonyl (C=O) groups is 1. The van der Waals surface area contributed by atoms with E-state index in [0.29, 0.717) is 5.69 Å². The molecule has 0 bridgehead atoms. The van der Waals surface area contributed by atoms with Crippen LogP contribution in [0.2, 0.25) is 5.15 Å². The Balaban J connectivity index is 2.28. The molecular weight excluding hydrogens is 271 g/mol. The van der Waals surface area contributed by atoms with Crippen LogP contribution in [-0.2, 0) is 0 Å². The molecule has 1 aromatic carbocycles. The Hall–Kier alpha value is -2.21. The molecule has 0 aliphatic heterocycles. The van der Waals surface area contributed by atoms with E-state index in [1.807, 2.05) is 0 Å². The number of hydrogen-bond acceptors (Lipinski definition) is 4. The molecule has 2 rings (SSSR count). The molecule has 2 aromatic rings. The van der Waals surface area contributed by atoms with Gasteiger partial charge in [0.25, 0.3) is 5.91 Å². The molecule has 0 unspecified atom stereocenters. The molecule has 98 valence electrons. The van der Waals surface area contributed by atoms with Gasteiger partial charge in [0.2, 0.25) is 5.95 Å². The van der Waals surface area contributed by atoms with E-state index in [1.165, 1.54) is 18.2 Å². The lowest BCUT2D eigenvalue weighted by molar-refractivity contribution is 0.102. The number of nitrogens with zero attached hydrogens (tertiary/aromatic N) is 2. The van der Waals surface area contributed by atoms with Gasteiger partial charge in [-0.1, -0.05) is 11.6 Å². The largest absolute Gasteiger partial charge is 0.399 e. The van der Waals surface area contributed by atoms with Crippen LogP contribution in [0.3, 0.4) is 0 Å². The second kappa shape index (κ2) is 5.19. The number of hydrogen-bond donors (Lipinski definition) is 2. The second-order valence-corrected chi connectivity index (χ2v) is 4.24. The normalized spacial score (nSPS) is 10.3. The molecule has 3 N–H and O–H groups in total. The number of rotatable bonds is 2. The molecule has 7 heteroatoms. The number of carbonyl (C=O) groups excluding carboxylic acids is 1. The van der Waals surface area contributed by atoms with Crippen molar-refractivity contribution in [1.29, 1.82) is 0 Å². The van der Waals surface area contributed by atoms with Gasteiger partial charge in [0.15, 0.2) is 0 Å². The van der Waals surface area contributed by atoms with Crippen molar-refractivity contribution in [2.75, 3.05) is 11.1 Å². The number of nitrogens with one attached hydrogen (secondary N) is 1. The molecule has 1 heterocycles. The zero-order valence-electron chi connectivity index (χ0n) is 9.95. The minimum atomic E-state index is -0.688. The molecular formula is C12H10ClFN4O. The maximum atomic E-state index is 13.5. The van der Waals surface area contributed by atoms with Crippen molar-refractivity contribution in [3.8, 4) is 0 Å². The minimum Gasteiger partial charge on any atom is -0.399 e. The summed E-state index contributed by atoms with van der Waals surface area (Å²) in [5.74, 6) is -1.35. The zero-order valence-corrected chi connectivity index (χ0v) is 10.7. The lowest BCUT2D eigenvalue weighted by Gasteiger charge is -2.06. The predicted molar refractivity (Wildman–Crippen MR) is 70.5 cm³/mol. The summed E-state index contributed by atoms with van der Waals surface area (Å²) >= 11 is 5.74. The first kappa shape index (κ1) is 13.2. The van der Waals surface area contributed by atoms with Crippen LogP contribution < -0.4 is 11.1 Å². The van der Waals surface area contributed by atoms with Gasteiger partial charge in [0.05, 0.1) is 5.56 Å². The molecule has 0 saturated heterocycles. The number of nitrogens with two attached hydrogens (primary N) is 1. The Morgan fingerprint density at radius 3 is 2.79 bits per heavy atom. The van der Waals surface area contributed by atoms with Crippen LogP contribution in [0.25, 0.3) is 0 Å². The molecule has 1 aromatic heterocycles. The first-order valence-electron chi connectivity index (χ1n) is 5.33. The van der Waals surface area contributed by atoms with Crippen molar-refractivity contribution < 1.29 is 9.18 Å². The van der Waals surface area contributed by atoms with Gasteiger partial charge in [0.1, 0.15) is 11.0 Å². The van der Waals surface area contributed by atoms with Gasteiger partial charge in [-0.25, -0.2) is 14.4 Å². The lowest BCUT2D eigenvalue weighted by atomic mass is 10.2. The maximum Gasteiger partial charge on any atom is 0.261 e. The summed E-state index contributed by atoms with van der Waals surface area (Å²) in [7, 11) is 0. The molecule has 0 aliphatic carbocycles. The summed E-state index contributed by atoms with van der Waals surface area (Å²) in [4.78, 5) is 19.7.